The number of rotatable bonds is 7. The lowest BCUT2D eigenvalue weighted by atomic mass is 10.1. The summed E-state index contributed by atoms with van der Waals surface area (Å²) in [5.74, 6) is -0.315. The second kappa shape index (κ2) is 8.65. The van der Waals surface area contributed by atoms with Crippen molar-refractivity contribution in [1.82, 2.24) is 4.90 Å². The topological polar surface area (TPSA) is 49.4 Å². The zero-order chi connectivity index (χ0) is 18.4. The van der Waals surface area contributed by atoms with Gasteiger partial charge in [0, 0.05) is 25.2 Å². The average molecular weight is 350 g/mol. The van der Waals surface area contributed by atoms with Crippen molar-refractivity contribution in [3.63, 3.8) is 0 Å². The van der Waals surface area contributed by atoms with E-state index >= 15 is 0 Å². The van der Waals surface area contributed by atoms with Gasteiger partial charge in [-0.1, -0.05) is 55.8 Å². The molecule has 136 valence electrons. The highest BCUT2D eigenvalue weighted by molar-refractivity contribution is 5.97. The minimum Gasteiger partial charge on any atom is -0.338 e. The number of unbranched alkanes of at least 4 members (excludes halogenated alkanes) is 1. The van der Waals surface area contributed by atoms with E-state index in [1.807, 2.05) is 42.5 Å². The molecule has 1 N–H and O–H groups in total. The van der Waals surface area contributed by atoms with Crippen molar-refractivity contribution in [3.05, 3.63) is 65.7 Å². The molecule has 2 aromatic rings. The largest absolute Gasteiger partial charge is 0.338 e. The van der Waals surface area contributed by atoms with Crippen molar-refractivity contribution in [2.45, 2.75) is 39.2 Å². The zero-order valence-electron chi connectivity index (χ0n) is 15.3. The molecule has 1 heterocycles. The van der Waals surface area contributed by atoms with Gasteiger partial charge in [0.2, 0.25) is 11.8 Å². The van der Waals surface area contributed by atoms with Crippen LogP contribution >= 0.6 is 0 Å². The van der Waals surface area contributed by atoms with Gasteiger partial charge in [0.05, 0.1) is 5.92 Å². The number of nitrogens with one attached hydrogen (secondary N) is 1. The number of amides is 2. The third kappa shape index (κ3) is 4.72. The normalized spacial score (nSPS) is 16.7. The number of benzene rings is 2. The molecule has 1 saturated heterocycles. The van der Waals surface area contributed by atoms with Gasteiger partial charge in [0.1, 0.15) is 0 Å². The first-order valence-electron chi connectivity index (χ1n) is 9.37. The van der Waals surface area contributed by atoms with Gasteiger partial charge in [0.25, 0.3) is 0 Å². The minimum absolute atomic E-state index is 0.0453. The summed E-state index contributed by atoms with van der Waals surface area (Å²) in [6.45, 7) is 3.22. The first kappa shape index (κ1) is 18.2. The summed E-state index contributed by atoms with van der Waals surface area (Å²) in [5.41, 5.74) is 3.17. The third-order valence-corrected chi connectivity index (χ3v) is 4.84. The predicted molar refractivity (Wildman–Crippen MR) is 104 cm³/mol. The number of hydrogen-bond donors (Lipinski definition) is 1. The Morgan fingerprint density at radius 3 is 2.50 bits per heavy atom. The number of anilines is 1. The van der Waals surface area contributed by atoms with Crippen molar-refractivity contribution in [1.29, 1.82) is 0 Å². The van der Waals surface area contributed by atoms with Crippen LogP contribution in [0.15, 0.2) is 54.6 Å². The summed E-state index contributed by atoms with van der Waals surface area (Å²) >= 11 is 0. The standard InChI is InChI=1S/C22H26N2O2/c1-2-3-7-17-10-12-20(13-11-17)23-22(26)19-14-21(25)24(16-19)15-18-8-5-4-6-9-18/h4-6,8-13,19H,2-3,7,14-16H2,1H3,(H,23,26)/t19-/m0/s1. The molecule has 1 aliphatic heterocycles. The van der Waals surface area contributed by atoms with Crippen molar-refractivity contribution in [2.75, 3.05) is 11.9 Å². The van der Waals surface area contributed by atoms with E-state index in [1.165, 1.54) is 18.4 Å². The van der Waals surface area contributed by atoms with Gasteiger partial charge in [-0.05, 0) is 36.1 Å². The zero-order valence-corrected chi connectivity index (χ0v) is 15.3. The fraction of sp³-hybridized carbons (Fsp3) is 0.364. The summed E-state index contributed by atoms with van der Waals surface area (Å²) in [6, 6.07) is 17.9. The van der Waals surface area contributed by atoms with Crippen molar-refractivity contribution in [2.24, 2.45) is 5.92 Å². The van der Waals surface area contributed by atoms with Crippen LogP contribution in [0.25, 0.3) is 0 Å². The fourth-order valence-corrected chi connectivity index (χ4v) is 3.28. The van der Waals surface area contributed by atoms with E-state index in [9.17, 15) is 9.59 Å². The maximum Gasteiger partial charge on any atom is 0.229 e. The maximum atomic E-state index is 12.5. The smallest absolute Gasteiger partial charge is 0.229 e. The molecule has 1 atom stereocenters. The van der Waals surface area contributed by atoms with Gasteiger partial charge < -0.3 is 10.2 Å². The van der Waals surface area contributed by atoms with Crippen molar-refractivity contribution < 1.29 is 9.59 Å². The van der Waals surface area contributed by atoms with Crippen LogP contribution in [0.3, 0.4) is 0 Å². The monoisotopic (exact) mass is 350 g/mol. The molecule has 4 nitrogen and oxygen atoms in total. The summed E-state index contributed by atoms with van der Waals surface area (Å²) < 4.78 is 0. The van der Waals surface area contributed by atoms with Crippen LogP contribution in [0.5, 0.6) is 0 Å². The molecule has 0 saturated carbocycles. The lowest BCUT2D eigenvalue weighted by Crippen LogP contribution is -2.28. The van der Waals surface area contributed by atoms with Crippen LogP contribution in [0.4, 0.5) is 5.69 Å². The van der Waals surface area contributed by atoms with Crippen LogP contribution in [0.1, 0.15) is 37.3 Å². The quantitative estimate of drug-likeness (QED) is 0.820. The van der Waals surface area contributed by atoms with Gasteiger partial charge in [0.15, 0.2) is 0 Å². The molecule has 0 unspecified atom stereocenters. The van der Waals surface area contributed by atoms with E-state index in [2.05, 4.69) is 24.4 Å². The van der Waals surface area contributed by atoms with Gasteiger partial charge >= 0.3 is 0 Å². The van der Waals surface area contributed by atoms with E-state index in [0.29, 0.717) is 13.1 Å². The number of carbonyl (C=O) groups is 2. The molecule has 0 aliphatic carbocycles. The minimum atomic E-state index is -0.286. The second-order valence-corrected chi connectivity index (χ2v) is 6.95. The Bertz CT molecular complexity index is 740. The molecule has 0 aromatic heterocycles. The van der Waals surface area contributed by atoms with Gasteiger partial charge in [-0.3, -0.25) is 9.59 Å². The molecular formula is C22H26N2O2. The Hall–Kier alpha value is -2.62. The van der Waals surface area contributed by atoms with Crippen LogP contribution < -0.4 is 5.32 Å². The molecule has 1 fully saturated rings. The highest BCUT2D eigenvalue weighted by Crippen LogP contribution is 2.22. The molecule has 2 amide bonds. The fourth-order valence-electron chi connectivity index (χ4n) is 3.28. The molecule has 3 rings (SSSR count). The molecule has 0 bridgehead atoms. The van der Waals surface area contributed by atoms with Crippen LogP contribution in [-0.4, -0.2) is 23.3 Å². The molecule has 4 heteroatoms. The number of aryl methyl sites for hydroxylation is 1. The predicted octanol–water partition coefficient (Wildman–Crippen LogP) is 4.02. The lowest BCUT2D eigenvalue weighted by Gasteiger charge is -2.16. The molecule has 26 heavy (non-hydrogen) atoms. The Balaban J connectivity index is 1.54. The van der Waals surface area contributed by atoms with Crippen molar-refractivity contribution in [3.8, 4) is 0 Å². The van der Waals surface area contributed by atoms with E-state index in [-0.39, 0.29) is 24.2 Å². The first-order valence-corrected chi connectivity index (χ1v) is 9.37. The summed E-state index contributed by atoms with van der Waals surface area (Å²) in [4.78, 5) is 26.5. The summed E-state index contributed by atoms with van der Waals surface area (Å²) in [7, 11) is 0. The summed E-state index contributed by atoms with van der Waals surface area (Å²) in [5, 5.41) is 2.95. The maximum absolute atomic E-state index is 12.5. The van der Waals surface area contributed by atoms with Gasteiger partial charge in [-0.2, -0.15) is 0 Å². The first-order chi connectivity index (χ1) is 12.7. The highest BCUT2D eigenvalue weighted by Gasteiger charge is 2.34. The molecular weight excluding hydrogens is 324 g/mol. The Labute approximate surface area is 155 Å². The van der Waals surface area contributed by atoms with Crippen LogP contribution in [-0.2, 0) is 22.6 Å². The molecule has 0 spiro atoms. The van der Waals surface area contributed by atoms with E-state index in [4.69, 9.17) is 0 Å². The number of likely N-dealkylation sites (tertiary alicyclic amines) is 1. The number of carbonyl (C=O) groups excluding carboxylic acids is 2. The average Bonchev–Trinajstić information content (AvgIpc) is 3.03. The number of hydrogen-bond acceptors (Lipinski definition) is 2. The Morgan fingerprint density at radius 2 is 1.81 bits per heavy atom. The number of nitrogens with zero attached hydrogens (tertiary/aromatic N) is 1. The molecule has 1 aliphatic rings. The Morgan fingerprint density at radius 1 is 1.08 bits per heavy atom. The lowest BCUT2D eigenvalue weighted by molar-refractivity contribution is -0.128. The highest BCUT2D eigenvalue weighted by atomic mass is 16.2. The van der Waals surface area contributed by atoms with E-state index in [1.54, 1.807) is 4.90 Å². The summed E-state index contributed by atoms with van der Waals surface area (Å²) in [6.07, 6.45) is 3.70. The van der Waals surface area contributed by atoms with Gasteiger partial charge in [-0.25, -0.2) is 0 Å². The van der Waals surface area contributed by atoms with Crippen molar-refractivity contribution >= 4 is 17.5 Å². The van der Waals surface area contributed by atoms with Crippen LogP contribution in [0.2, 0.25) is 0 Å². The Kier molecular flexibility index (Phi) is 6.05. The van der Waals surface area contributed by atoms with E-state index in [0.717, 1.165) is 17.7 Å². The molecule has 0 radical (unpaired) electrons. The molecule has 2 aromatic carbocycles. The van der Waals surface area contributed by atoms with E-state index < -0.39 is 0 Å². The SMILES string of the molecule is CCCCc1ccc(NC(=O)[C@H]2CC(=O)N(Cc3ccccc3)C2)cc1. The van der Waals surface area contributed by atoms with Gasteiger partial charge in [-0.15, -0.1) is 0 Å². The van der Waals surface area contributed by atoms with Crippen LogP contribution in [0, 0.1) is 5.92 Å². The third-order valence-electron chi connectivity index (χ3n) is 4.84. The second-order valence-electron chi connectivity index (χ2n) is 6.95.